The highest BCUT2D eigenvalue weighted by Crippen LogP contribution is 2.56. The second-order valence-corrected chi connectivity index (χ2v) is 8.37. The van der Waals surface area contributed by atoms with Gasteiger partial charge >= 0.3 is 0 Å². The Kier molecular flexibility index (Phi) is 3.74. The summed E-state index contributed by atoms with van der Waals surface area (Å²) in [5, 5.41) is 21.2. The lowest BCUT2D eigenvalue weighted by Crippen LogP contribution is -2.65. The van der Waals surface area contributed by atoms with Crippen LogP contribution < -0.4 is 0 Å². The van der Waals surface area contributed by atoms with Gasteiger partial charge in [0.25, 0.3) is 0 Å². The van der Waals surface area contributed by atoms with E-state index in [0.717, 1.165) is 44.7 Å². The first-order valence-electron chi connectivity index (χ1n) is 9.48. The number of nitriles is 1. The quantitative estimate of drug-likeness (QED) is 0.925. The summed E-state index contributed by atoms with van der Waals surface area (Å²) in [6, 6.07) is 8.49. The number of piperidine rings is 1. The summed E-state index contributed by atoms with van der Waals surface area (Å²) in [7, 11) is 0. The Hall–Kier alpha value is -1.37. The van der Waals surface area contributed by atoms with Crippen molar-refractivity contribution in [2.75, 3.05) is 13.1 Å². The molecule has 0 unspecified atom stereocenters. The number of aliphatic hydroxyl groups is 1. The maximum absolute atomic E-state index is 11.9. The van der Waals surface area contributed by atoms with Crippen molar-refractivity contribution in [2.24, 2.45) is 5.92 Å². The van der Waals surface area contributed by atoms with Crippen LogP contribution in [0.2, 0.25) is 0 Å². The van der Waals surface area contributed by atoms with E-state index in [1.807, 2.05) is 6.07 Å². The molecule has 0 amide bonds. The number of aryl methyl sites for hydroxylation is 1. The molecule has 1 saturated heterocycles. The average Bonchev–Trinajstić information content (AvgIpc) is 3.32. The van der Waals surface area contributed by atoms with Crippen LogP contribution in [0.25, 0.3) is 0 Å². The molecule has 3 heteroatoms. The van der Waals surface area contributed by atoms with Crippen LogP contribution in [0.3, 0.4) is 0 Å². The number of hydrogen-bond acceptors (Lipinski definition) is 3. The van der Waals surface area contributed by atoms with Gasteiger partial charge in [0.05, 0.1) is 17.2 Å². The number of benzene rings is 1. The molecule has 1 aromatic carbocycles. The Morgan fingerprint density at radius 2 is 2.08 bits per heavy atom. The largest absolute Gasteiger partial charge is 0.387 e. The summed E-state index contributed by atoms with van der Waals surface area (Å²) in [6.45, 7) is 6.57. The average molecular weight is 324 g/mol. The molecule has 0 bridgehead atoms. The third-order valence-corrected chi connectivity index (χ3v) is 7.13. The number of rotatable bonds is 3. The van der Waals surface area contributed by atoms with Crippen molar-refractivity contribution in [1.29, 1.82) is 5.26 Å². The normalized spacial score (nSPS) is 36.3. The smallest absolute Gasteiger partial charge is 0.0991 e. The van der Waals surface area contributed by atoms with Crippen molar-refractivity contribution >= 4 is 0 Å². The Morgan fingerprint density at radius 1 is 1.29 bits per heavy atom. The van der Waals surface area contributed by atoms with Crippen LogP contribution in [-0.2, 0) is 5.41 Å². The third kappa shape index (κ3) is 2.24. The summed E-state index contributed by atoms with van der Waals surface area (Å²) >= 11 is 0. The summed E-state index contributed by atoms with van der Waals surface area (Å²) in [5.74, 6) is 0.855. The molecule has 1 heterocycles. The molecule has 3 fully saturated rings. The van der Waals surface area contributed by atoms with Gasteiger partial charge in [-0.15, -0.1) is 0 Å². The van der Waals surface area contributed by atoms with Gasteiger partial charge in [-0.25, -0.2) is 0 Å². The van der Waals surface area contributed by atoms with E-state index in [4.69, 9.17) is 0 Å². The molecule has 3 atom stereocenters. The molecule has 2 saturated carbocycles. The fraction of sp³-hybridized carbons (Fsp3) is 0.667. The Morgan fingerprint density at radius 3 is 2.79 bits per heavy atom. The first kappa shape index (κ1) is 16.1. The molecular formula is C21H28N2O. The molecule has 3 nitrogen and oxygen atoms in total. The van der Waals surface area contributed by atoms with Gasteiger partial charge in [0.2, 0.25) is 0 Å². The maximum atomic E-state index is 11.9. The van der Waals surface area contributed by atoms with Crippen molar-refractivity contribution in [3.8, 4) is 6.07 Å². The Labute approximate surface area is 145 Å². The van der Waals surface area contributed by atoms with Gasteiger partial charge in [0, 0.05) is 18.0 Å². The fourth-order valence-corrected chi connectivity index (χ4v) is 5.49. The van der Waals surface area contributed by atoms with Gasteiger partial charge < -0.3 is 5.11 Å². The summed E-state index contributed by atoms with van der Waals surface area (Å²) in [4.78, 5) is 2.53. The topological polar surface area (TPSA) is 47.3 Å². The Balaban J connectivity index is 1.75. The summed E-state index contributed by atoms with van der Waals surface area (Å²) < 4.78 is 0. The van der Waals surface area contributed by atoms with Crippen LogP contribution in [0.1, 0.15) is 62.1 Å². The van der Waals surface area contributed by atoms with Crippen LogP contribution in [0.15, 0.2) is 18.2 Å². The molecule has 0 aromatic heterocycles. The van der Waals surface area contributed by atoms with Gasteiger partial charge in [-0.1, -0.05) is 6.07 Å². The van der Waals surface area contributed by atoms with Crippen molar-refractivity contribution in [2.45, 2.75) is 69.4 Å². The Bertz CT molecular complexity index is 690. The highest BCUT2D eigenvalue weighted by molar-refractivity contribution is 5.45. The number of fused-ring (bicyclic) bond motifs is 1. The van der Waals surface area contributed by atoms with E-state index in [2.05, 4.69) is 36.9 Å². The van der Waals surface area contributed by atoms with E-state index in [0.29, 0.717) is 5.56 Å². The molecule has 128 valence electrons. The van der Waals surface area contributed by atoms with E-state index < -0.39 is 5.60 Å². The van der Waals surface area contributed by atoms with E-state index in [1.54, 1.807) is 0 Å². The molecule has 1 aliphatic heterocycles. The molecule has 24 heavy (non-hydrogen) atoms. The SMILES string of the molecule is Cc1ccc(C#N)cc1[C@@]12CCC[C@@]1(O)[C@@H](C)N(CC1CC1)CC2. The highest BCUT2D eigenvalue weighted by atomic mass is 16.3. The van der Waals surface area contributed by atoms with Crippen LogP contribution in [0.4, 0.5) is 0 Å². The maximum Gasteiger partial charge on any atom is 0.0991 e. The fourth-order valence-electron chi connectivity index (χ4n) is 5.49. The minimum absolute atomic E-state index is 0.177. The number of hydrogen-bond donors (Lipinski definition) is 1. The number of likely N-dealkylation sites (tertiary alicyclic amines) is 1. The third-order valence-electron chi connectivity index (χ3n) is 7.13. The lowest BCUT2D eigenvalue weighted by atomic mass is 9.61. The zero-order valence-electron chi connectivity index (χ0n) is 14.9. The second-order valence-electron chi connectivity index (χ2n) is 8.37. The molecule has 4 rings (SSSR count). The highest BCUT2D eigenvalue weighted by Gasteiger charge is 2.61. The van der Waals surface area contributed by atoms with E-state index in [9.17, 15) is 10.4 Å². The van der Waals surface area contributed by atoms with Crippen LogP contribution >= 0.6 is 0 Å². The first-order chi connectivity index (χ1) is 11.5. The van der Waals surface area contributed by atoms with Crippen LogP contribution in [0.5, 0.6) is 0 Å². The van der Waals surface area contributed by atoms with Gasteiger partial charge in [0.15, 0.2) is 0 Å². The number of nitrogens with zero attached hydrogens (tertiary/aromatic N) is 2. The minimum Gasteiger partial charge on any atom is -0.387 e. The molecule has 0 spiro atoms. The van der Waals surface area contributed by atoms with Gasteiger partial charge in [-0.2, -0.15) is 5.26 Å². The minimum atomic E-state index is -0.668. The predicted octanol–water partition coefficient (Wildman–Crippen LogP) is 3.52. The van der Waals surface area contributed by atoms with Crippen molar-refractivity contribution in [1.82, 2.24) is 4.90 Å². The van der Waals surface area contributed by atoms with E-state index in [-0.39, 0.29) is 11.5 Å². The van der Waals surface area contributed by atoms with E-state index in [1.165, 1.54) is 24.0 Å². The molecule has 3 aliphatic rings. The zero-order valence-corrected chi connectivity index (χ0v) is 14.9. The van der Waals surface area contributed by atoms with Gasteiger partial charge in [0.1, 0.15) is 0 Å². The first-order valence-corrected chi connectivity index (χ1v) is 9.48. The molecule has 1 aromatic rings. The second kappa shape index (κ2) is 5.58. The van der Waals surface area contributed by atoms with Gasteiger partial charge in [-0.3, -0.25) is 4.90 Å². The van der Waals surface area contributed by atoms with Crippen molar-refractivity contribution in [3.05, 3.63) is 34.9 Å². The van der Waals surface area contributed by atoms with Crippen LogP contribution in [-0.4, -0.2) is 34.7 Å². The zero-order chi connectivity index (χ0) is 16.9. The molecule has 1 N–H and O–H groups in total. The van der Waals surface area contributed by atoms with Gasteiger partial charge in [-0.05, 0) is 88.1 Å². The van der Waals surface area contributed by atoms with Crippen molar-refractivity contribution < 1.29 is 5.11 Å². The lowest BCUT2D eigenvalue weighted by molar-refractivity contribution is -0.117. The lowest BCUT2D eigenvalue weighted by Gasteiger charge is -2.55. The standard InChI is InChI=1S/C21H28N2O/c1-15-4-5-18(13-22)12-19(15)20-8-3-9-21(20,24)16(2)23(11-10-20)14-17-6-7-17/h4-5,12,16-17,24H,3,6-11,14H2,1-2H3/t16-,20+,21-/m1/s1. The van der Waals surface area contributed by atoms with Crippen LogP contribution in [0, 0.1) is 24.2 Å². The monoisotopic (exact) mass is 324 g/mol. The summed E-state index contributed by atoms with van der Waals surface area (Å²) in [6.07, 6.45) is 6.73. The predicted molar refractivity (Wildman–Crippen MR) is 94.7 cm³/mol. The van der Waals surface area contributed by atoms with E-state index >= 15 is 0 Å². The molecule has 2 aliphatic carbocycles. The van der Waals surface area contributed by atoms with Crippen molar-refractivity contribution in [3.63, 3.8) is 0 Å². The molecule has 0 radical (unpaired) electrons. The summed E-state index contributed by atoms with van der Waals surface area (Å²) in [5.41, 5.74) is 2.31. The molecular weight excluding hydrogens is 296 g/mol.